The minimum absolute atomic E-state index is 0.234. The summed E-state index contributed by atoms with van der Waals surface area (Å²) in [7, 11) is 3.08. The maximum Gasteiger partial charge on any atom is 0.291 e. The van der Waals surface area contributed by atoms with Crippen molar-refractivity contribution in [2.24, 2.45) is 4.99 Å². The molecule has 0 unspecified atom stereocenters. The summed E-state index contributed by atoms with van der Waals surface area (Å²) in [5.41, 5.74) is 0.522. The van der Waals surface area contributed by atoms with Gasteiger partial charge in [0, 0.05) is 31.7 Å². The molecule has 7 heteroatoms. The number of hydrogen-bond donors (Lipinski definition) is 1. The Bertz CT molecular complexity index is 539. The number of amidine groups is 1. The van der Waals surface area contributed by atoms with Crippen molar-refractivity contribution in [3.8, 4) is 5.75 Å². The molecular weight excluding hydrogens is 310 g/mol. The SMILES string of the molecule is COC(=NCCCN1CCOCC1)NC(=O)c1ccc(OC)cc1. The van der Waals surface area contributed by atoms with E-state index in [2.05, 4.69) is 15.2 Å². The molecule has 1 fully saturated rings. The predicted molar refractivity (Wildman–Crippen MR) is 91.6 cm³/mol. The van der Waals surface area contributed by atoms with Crippen LogP contribution in [0.4, 0.5) is 0 Å². The Labute approximate surface area is 142 Å². The van der Waals surface area contributed by atoms with Gasteiger partial charge in [-0.05, 0) is 30.7 Å². The van der Waals surface area contributed by atoms with Gasteiger partial charge < -0.3 is 14.2 Å². The van der Waals surface area contributed by atoms with E-state index < -0.39 is 0 Å². The van der Waals surface area contributed by atoms with Gasteiger partial charge in [0.25, 0.3) is 11.9 Å². The standard InChI is InChI=1S/C17H25N3O4/c1-22-15-6-4-14(5-7-15)16(21)19-17(23-2)18-8-3-9-20-10-12-24-13-11-20/h4-7H,3,8-13H2,1-2H3,(H,18,19,21). The highest BCUT2D eigenvalue weighted by molar-refractivity contribution is 6.04. The van der Waals surface area contributed by atoms with Gasteiger partial charge in [-0.3, -0.25) is 15.0 Å². The summed E-state index contributed by atoms with van der Waals surface area (Å²) in [5.74, 6) is 0.446. The van der Waals surface area contributed by atoms with Gasteiger partial charge in [0.05, 0.1) is 27.4 Å². The molecule has 1 aromatic rings. The van der Waals surface area contributed by atoms with Crippen LogP contribution in [0.15, 0.2) is 29.3 Å². The number of rotatable bonds is 6. The minimum Gasteiger partial charge on any atom is -0.497 e. The first-order chi connectivity index (χ1) is 11.7. The first-order valence-corrected chi connectivity index (χ1v) is 8.07. The number of morpholine rings is 1. The molecule has 0 spiro atoms. The number of nitrogens with one attached hydrogen (secondary N) is 1. The van der Waals surface area contributed by atoms with Gasteiger partial charge in [-0.15, -0.1) is 0 Å². The van der Waals surface area contributed by atoms with E-state index in [-0.39, 0.29) is 11.9 Å². The van der Waals surface area contributed by atoms with Crippen LogP contribution in [0.1, 0.15) is 16.8 Å². The number of carbonyl (C=O) groups excluding carboxylic acids is 1. The lowest BCUT2D eigenvalue weighted by Gasteiger charge is -2.26. The Balaban J connectivity index is 1.77. The Kier molecular flexibility index (Phi) is 7.51. The van der Waals surface area contributed by atoms with Crippen molar-refractivity contribution < 1.29 is 19.0 Å². The number of ether oxygens (including phenoxy) is 3. The van der Waals surface area contributed by atoms with Crippen LogP contribution in [0.2, 0.25) is 0 Å². The van der Waals surface area contributed by atoms with E-state index in [1.807, 2.05) is 0 Å². The van der Waals surface area contributed by atoms with Crippen molar-refractivity contribution in [2.75, 3.05) is 53.6 Å². The van der Waals surface area contributed by atoms with Crippen LogP contribution in [0.5, 0.6) is 5.75 Å². The third-order valence-corrected chi connectivity index (χ3v) is 3.76. The highest BCUT2D eigenvalue weighted by Crippen LogP contribution is 2.11. The molecule has 24 heavy (non-hydrogen) atoms. The number of aliphatic imine (C=N–C) groups is 1. The highest BCUT2D eigenvalue weighted by atomic mass is 16.5. The van der Waals surface area contributed by atoms with Crippen LogP contribution in [-0.4, -0.2) is 70.4 Å². The van der Waals surface area contributed by atoms with E-state index in [1.54, 1.807) is 31.4 Å². The van der Waals surface area contributed by atoms with Crippen molar-refractivity contribution in [3.63, 3.8) is 0 Å². The number of carbonyl (C=O) groups is 1. The monoisotopic (exact) mass is 335 g/mol. The van der Waals surface area contributed by atoms with E-state index in [0.29, 0.717) is 17.9 Å². The number of benzene rings is 1. The van der Waals surface area contributed by atoms with Gasteiger partial charge in [-0.2, -0.15) is 0 Å². The quantitative estimate of drug-likeness (QED) is 0.480. The van der Waals surface area contributed by atoms with Crippen LogP contribution < -0.4 is 10.1 Å². The molecule has 0 radical (unpaired) electrons. The second kappa shape index (κ2) is 9.89. The van der Waals surface area contributed by atoms with E-state index in [1.165, 1.54) is 7.11 Å². The van der Waals surface area contributed by atoms with Gasteiger partial charge in [0.1, 0.15) is 5.75 Å². The normalized spacial score (nSPS) is 15.8. The average Bonchev–Trinajstić information content (AvgIpc) is 2.65. The zero-order chi connectivity index (χ0) is 17.2. The van der Waals surface area contributed by atoms with E-state index in [9.17, 15) is 4.79 Å². The minimum atomic E-state index is -0.258. The Hall–Kier alpha value is -2.12. The van der Waals surface area contributed by atoms with Crippen LogP contribution in [-0.2, 0) is 9.47 Å². The molecule has 2 rings (SSSR count). The third kappa shape index (κ3) is 5.82. The topological polar surface area (TPSA) is 72.4 Å². The molecule has 1 aromatic carbocycles. The Morgan fingerprint density at radius 3 is 2.58 bits per heavy atom. The summed E-state index contributed by atoms with van der Waals surface area (Å²) in [6, 6.07) is 7.10. The molecule has 1 heterocycles. The van der Waals surface area contributed by atoms with Crippen LogP contribution in [0, 0.1) is 0 Å². The maximum absolute atomic E-state index is 12.2. The molecule has 0 bridgehead atoms. The van der Waals surface area contributed by atoms with Crippen molar-refractivity contribution >= 4 is 11.9 Å². The fraction of sp³-hybridized carbons (Fsp3) is 0.529. The number of nitrogens with zero attached hydrogens (tertiary/aromatic N) is 2. The molecule has 1 saturated heterocycles. The molecule has 7 nitrogen and oxygen atoms in total. The summed E-state index contributed by atoms with van der Waals surface area (Å²) in [5, 5.41) is 2.67. The fourth-order valence-electron chi connectivity index (χ4n) is 2.37. The van der Waals surface area contributed by atoms with Crippen molar-refractivity contribution in [1.29, 1.82) is 0 Å². The summed E-state index contributed by atoms with van der Waals surface area (Å²) in [6.45, 7) is 5.10. The molecule has 0 aromatic heterocycles. The second-order valence-corrected chi connectivity index (χ2v) is 5.38. The summed E-state index contributed by atoms with van der Waals surface area (Å²) in [4.78, 5) is 18.8. The molecule has 1 N–H and O–H groups in total. The largest absolute Gasteiger partial charge is 0.497 e. The van der Waals surface area contributed by atoms with Crippen LogP contribution >= 0.6 is 0 Å². The summed E-state index contributed by atoms with van der Waals surface area (Å²) < 4.78 is 15.5. The van der Waals surface area contributed by atoms with Crippen molar-refractivity contribution in [3.05, 3.63) is 29.8 Å². The molecule has 0 aliphatic carbocycles. The van der Waals surface area contributed by atoms with Gasteiger partial charge in [-0.1, -0.05) is 0 Å². The van der Waals surface area contributed by atoms with E-state index in [4.69, 9.17) is 14.2 Å². The Morgan fingerprint density at radius 2 is 1.96 bits per heavy atom. The van der Waals surface area contributed by atoms with E-state index >= 15 is 0 Å². The first kappa shape index (κ1) is 18.2. The fourth-order valence-corrected chi connectivity index (χ4v) is 2.37. The van der Waals surface area contributed by atoms with Gasteiger partial charge in [0.15, 0.2) is 0 Å². The summed E-state index contributed by atoms with van der Waals surface area (Å²) in [6.07, 6.45) is 0.908. The molecule has 1 amide bonds. The maximum atomic E-state index is 12.2. The average molecular weight is 335 g/mol. The molecule has 132 valence electrons. The zero-order valence-electron chi connectivity index (χ0n) is 14.3. The van der Waals surface area contributed by atoms with Crippen LogP contribution in [0.3, 0.4) is 0 Å². The number of methoxy groups -OCH3 is 2. The second-order valence-electron chi connectivity index (χ2n) is 5.38. The van der Waals surface area contributed by atoms with Crippen molar-refractivity contribution in [2.45, 2.75) is 6.42 Å². The molecule has 1 aliphatic rings. The smallest absolute Gasteiger partial charge is 0.291 e. The lowest BCUT2D eigenvalue weighted by molar-refractivity contribution is 0.0377. The predicted octanol–water partition coefficient (Wildman–Crippen LogP) is 1.15. The van der Waals surface area contributed by atoms with Crippen LogP contribution in [0.25, 0.3) is 0 Å². The van der Waals surface area contributed by atoms with Gasteiger partial charge in [0.2, 0.25) is 0 Å². The zero-order valence-corrected chi connectivity index (χ0v) is 14.3. The molecule has 0 saturated carbocycles. The lowest BCUT2D eigenvalue weighted by atomic mass is 10.2. The lowest BCUT2D eigenvalue weighted by Crippen LogP contribution is -2.37. The van der Waals surface area contributed by atoms with Crippen molar-refractivity contribution in [1.82, 2.24) is 10.2 Å². The van der Waals surface area contributed by atoms with E-state index in [0.717, 1.165) is 39.3 Å². The third-order valence-electron chi connectivity index (χ3n) is 3.76. The van der Waals surface area contributed by atoms with Gasteiger partial charge >= 0.3 is 0 Å². The highest BCUT2D eigenvalue weighted by Gasteiger charge is 2.11. The molecule has 0 atom stereocenters. The number of hydrogen-bond acceptors (Lipinski definition) is 6. The molecular formula is C17H25N3O4. The molecule has 1 aliphatic heterocycles. The van der Waals surface area contributed by atoms with Gasteiger partial charge in [-0.25, -0.2) is 4.99 Å². The first-order valence-electron chi connectivity index (χ1n) is 8.07. The number of amides is 1. The summed E-state index contributed by atoms with van der Waals surface area (Å²) >= 11 is 0. The Morgan fingerprint density at radius 1 is 1.25 bits per heavy atom.